The van der Waals surface area contributed by atoms with E-state index in [1.165, 1.54) is 12.5 Å². The molecule has 1 heterocycles. The smallest absolute Gasteiger partial charge is 0.336 e. The van der Waals surface area contributed by atoms with Gasteiger partial charge in [0.15, 0.2) is 6.61 Å². The Morgan fingerprint density at radius 3 is 2.60 bits per heavy atom. The zero-order valence-electron chi connectivity index (χ0n) is 11.6. The third-order valence-corrected chi connectivity index (χ3v) is 3.51. The molecule has 1 aromatic rings. The van der Waals surface area contributed by atoms with Crippen LogP contribution in [-0.4, -0.2) is 41.6 Å². The van der Waals surface area contributed by atoms with Crippen LogP contribution in [0.15, 0.2) is 18.2 Å². The van der Waals surface area contributed by atoms with Crippen molar-refractivity contribution in [2.24, 2.45) is 0 Å². The molecule has 0 atom stereocenters. The van der Waals surface area contributed by atoms with Crippen LogP contribution >= 0.6 is 0 Å². The zero-order chi connectivity index (χ0) is 14.5. The summed E-state index contributed by atoms with van der Waals surface area (Å²) in [5.41, 5.74) is 0.875. The Morgan fingerprint density at radius 2 is 1.95 bits per heavy atom. The molecule has 5 nitrogen and oxygen atoms in total. The van der Waals surface area contributed by atoms with Gasteiger partial charge < -0.3 is 14.7 Å². The molecule has 1 aliphatic rings. The van der Waals surface area contributed by atoms with E-state index < -0.39 is 5.97 Å². The maximum absolute atomic E-state index is 11.9. The van der Waals surface area contributed by atoms with Gasteiger partial charge in [0.05, 0.1) is 5.56 Å². The topological polar surface area (TPSA) is 66.8 Å². The lowest BCUT2D eigenvalue weighted by molar-refractivity contribution is -0.134. The van der Waals surface area contributed by atoms with E-state index in [2.05, 4.69) is 0 Å². The van der Waals surface area contributed by atoms with Crippen LogP contribution in [0.25, 0.3) is 0 Å². The summed E-state index contributed by atoms with van der Waals surface area (Å²) in [4.78, 5) is 24.8. The minimum Gasteiger partial charge on any atom is -0.484 e. The van der Waals surface area contributed by atoms with Gasteiger partial charge in [0.2, 0.25) is 0 Å². The molecule has 1 amide bonds. The Balaban J connectivity index is 1.95. The molecule has 1 aliphatic heterocycles. The number of ether oxygens (including phenoxy) is 1. The molecule has 1 saturated heterocycles. The summed E-state index contributed by atoms with van der Waals surface area (Å²) < 4.78 is 5.41. The van der Waals surface area contributed by atoms with Gasteiger partial charge in [-0.1, -0.05) is 6.07 Å². The van der Waals surface area contributed by atoms with Gasteiger partial charge in [0.1, 0.15) is 5.75 Å². The van der Waals surface area contributed by atoms with Crippen molar-refractivity contribution in [3.05, 3.63) is 29.3 Å². The highest BCUT2D eigenvalue weighted by Crippen LogP contribution is 2.18. The Labute approximate surface area is 118 Å². The van der Waals surface area contributed by atoms with Crippen molar-refractivity contribution < 1.29 is 19.4 Å². The van der Waals surface area contributed by atoms with Crippen LogP contribution in [0.4, 0.5) is 0 Å². The second-order valence-corrected chi connectivity index (χ2v) is 5.01. The molecule has 0 unspecified atom stereocenters. The highest BCUT2D eigenvalue weighted by Gasteiger charge is 2.17. The Kier molecular flexibility index (Phi) is 4.61. The molecule has 1 aromatic carbocycles. The van der Waals surface area contributed by atoms with E-state index in [1.54, 1.807) is 24.0 Å². The fraction of sp³-hybridized carbons (Fsp3) is 0.467. The number of hydrogen-bond acceptors (Lipinski definition) is 3. The summed E-state index contributed by atoms with van der Waals surface area (Å²) in [5.74, 6) is -0.615. The van der Waals surface area contributed by atoms with E-state index in [0.717, 1.165) is 25.9 Å². The number of aromatic carboxylic acids is 1. The molecule has 0 saturated carbocycles. The molecule has 20 heavy (non-hydrogen) atoms. The molecular formula is C15H19NO4. The number of nitrogens with zero attached hydrogens (tertiary/aromatic N) is 1. The van der Waals surface area contributed by atoms with Crippen molar-refractivity contribution >= 4 is 11.9 Å². The number of hydrogen-bond donors (Lipinski definition) is 1. The molecule has 0 spiro atoms. The van der Waals surface area contributed by atoms with Crippen molar-refractivity contribution in [3.8, 4) is 5.75 Å². The summed E-state index contributed by atoms with van der Waals surface area (Å²) in [7, 11) is 0. The Bertz CT molecular complexity index is 507. The average molecular weight is 277 g/mol. The van der Waals surface area contributed by atoms with Crippen molar-refractivity contribution in [2.75, 3.05) is 19.7 Å². The first-order valence-corrected chi connectivity index (χ1v) is 6.82. The third-order valence-electron chi connectivity index (χ3n) is 3.51. The van der Waals surface area contributed by atoms with E-state index in [0.29, 0.717) is 11.3 Å². The molecule has 2 rings (SSSR count). The number of rotatable bonds is 4. The minimum absolute atomic E-state index is 0.0396. The summed E-state index contributed by atoms with van der Waals surface area (Å²) in [6.07, 6.45) is 3.25. The average Bonchev–Trinajstić information content (AvgIpc) is 2.46. The number of piperidine rings is 1. The first kappa shape index (κ1) is 14.4. The van der Waals surface area contributed by atoms with Gasteiger partial charge in [0, 0.05) is 13.1 Å². The fourth-order valence-electron chi connectivity index (χ4n) is 2.30. The number of carboxylic acid groups (broad SMARTS) is 1. The van der Waals surface area contributed by atoms with E-state index in [4.69, 9.17) is 9.84 Å². The van der Waals surface area contributed by atoms with Crippen LogP contribution in [0.1, 0.15) is 35.2 Å². The molecule has 0 aromatic heterocycles. The first-order valence-electron chi connectivity index (χ1n) is 6.82. The normalized spacial score (nSPS) is 14.9. The van der Waals surface area contributed by atoms with Gasteiger partial charge in [0.25, 0.3) is 5.91 Å². The van der Waals surface area contributed by atoms with Gasteiger partial charge in [-0.25, -0.2) is 4.79 Å². The monoisotopic (exact) mass is 277 g/mol. The second-order valence-electron chi connectivity index (χ2n) is 5.01. The van der Waals surface area contributed by atoms with Gasteiger partial charge >= 0.3 is 5.97 Å². The summed E-state index contributed by atoms with van der Waals surface area (Å²) >= 11 is 0. The molecule has 0 bridgehead atoms. The molecular weight excluding hydrogens is 258 g/mol. The molecule has 0 radical (unpaired) electrons. The maximum atomic E-state index is 11.9. The van der Waals surface area contributed by atoms with E-state index in [-0.39, 0.29) is 18.1 Å². The summed E-state index contributed by atoms with van der Waals surface area (Å²) in [5, 5.41) is 9.04. The SMILES string of the molecule is Cc1ccc(OCC(=O)N2CCCCC2)cc1C(=O)O. The second kappa shape index (κ2) is 6.41. The van der Waals surface area contributed by atoms with Crippen LogP contribution in [0, 0.1) is 6.92 Å². The van der Waals surface area contributed by atoms with E-state index in [9.17, 15) is 9.59 Å². The Morgan fingerprint density at radius 1 is 1.25 bits per heavy atom. The van der Waals surface area contributed by atoms with Crippen LogP contribution in [0.2, 0.25) is 0 Å². The van der Waals surface area contributed by atoms with Crippen LogP contribution in [0.5, 0.6) is 5.75 Å². The van der Waals surface area contributed by atoms with E-state index >= 15 is 0 Å². The molecule has 1 fully saturated rings. The highest BCUT2D eigenvalue weighted by molar-refractivity contribution is 5.89. The number of carbonyl (C=O) groups excluding carboxylic acids is 1. The fourth-order valence-corrected chi connectivity index (χ4v) is 2.30. The predicted octanol–water partition coefficient (Wildman–Crippen LogP) is 2.08. The number of carboxylic acids is 1. The van der Waals surface area contributed by atoms with Crippen molar-refractivity contribution in [1.29, 1.82) is 0 Å². The number of aryl methyl sites for hydroxylation is 1. The molecule has 0 aliphatic carbocycles. The van der Waals surface area contributed by atoms with E-state index in [1.807, 2.05) is 0 Å². The van der Waals surface area contributed by atoms with Gasteiger partial charge in [-0.15, -0.1) is 0 Å². The standard InChI is InChI=1S/C15H19NO4/c1-11-5-6-12(9-13(11)15(18)19)20-10-14(17)16-7-3-2-4-8-16/h5-6,9H,2-4,7-8,10H2,1H3,(H,18,19). The van der Waals surface area contributed by atoms with Crippen LogP contribution in [-0.2, 0) is 4.79 Å². The van der Waals surface area contributed by atoms with Crippen LogP contribution < -0.4 is 4.74 Å². The lowest BCUT2D eigenvalue weighted by atomic mass is 10.1. The summed E-state index contributed by atoms with van der Waals surface area (Å²) in [6, 6.07) is 4.83. The lowest BCUT2D eigenvalue weighted by Gasteiger charge is -2.26. The molecule has 5 heteroatoms. The number of carbonyl (C=O) groups is 2. The highest BCUT2D eigenvalue weighted by atomic mass is 16.5. The van der Waals surface area contributed by atoms with Gasteiger partial charge in [-0.3, -0.25) is 4.79 Å². The maximum Gasteiger partial charge on any atom is 0.336 e. The molecule has 1 N–H and O–H groups in total. The largest absolute Gasteiger partial charge is 0.484 e. The first-order chi connectivity index (χ1) is 9.58. The Hall–Kier alpha value is -2.04. The summed E-state index contributed by atoms with van der Waals surface area (Å²) in [6.45, 7) is 3.27. The van der Waals surface area contributed by atoms with Crippen molar-refractivity contribution in [1.82, 2.24) is 4.90 Å². The zero-order valence-corrected chi connectivity index (χ0v) is 11.6. The van der Waals surface area contributed by atoms with Crippen molar-refractivity contribution in [2.45, 2.75) is 26.2 Å². The van der Waals surface area contributed by atoms with Crippen LogP contribution in [0.3, 0.4) is 0 Å². The quantitative estimate of drug-likeness (QED) is 0.915. The predicted molar refractivity (Wildman–Crippen MR) is 74.1 cm³/mol. The number of benzene rings is 1. The minimum atomic E-state index is -0.990. The lowest BCUT2D eigenvalue weighted by Crippen LogP contribution is -2.38. The van der Waals surface area contributed by atoms with Gasteiger partial charge in [-0.2, -0.15) is 0 Å². The number of amides is 1. The van der Waals surface area contributed by atoms with Crippen molar-refractivity contribution in [3.63, 3.8) is 0 Å². The molecule has 108 valence electrons. The third kappa shape index (κ3) is 3.50. The van der Waals surface area contributed by atoms with Gasteiger partial charge in [-0.05, 0) is 43.9 Å². The number of likely N-dealkylation sites (tertiary alicyclic amines) is 1.